The van der Waals surface area contributed by atoms with E-state index in [1.807, 2.05) is 33.0 Å². The number of ether oxygens (including phenoxy) is 1. The van der Waals surface area contributed by atoms with Crippen LogP contribution in [0.4, 0.5) is 5.69 Å². The molecule has 0 aliphatic rings. The highest BCUT2D eigenvalue weighted by Crippen LogP contribution is 2.26. The van der Waals surface area contributed by atoms with E-state index in [2.05, 4.69) is 5.32 Å². The van der Waals surface area contributed by atoms with Gasteiger partial charge in [-0.3, -0.25) is 0 Å². The Bertz CT molecular complexity index is 421. The zero-order valence-corrected chi connectivity index (χ0v) is 13.2. The number of hydrogen-bond acceptors (Lipinski definition) is 4. The van der Waals surface area contributed by atoms with Crippen LogP contribution >= 0.6 is 11.6 Å². The Hall–Kier alpha value is -1.55. The summed E-state index contributed by atoms with van der Waals surface area (Å²) >= 11 is 5.76. The van der Waals surface area contributed by atoms with E-state index in [1.54, 1.807) is 13.2 Å². The smallest absolute Gasteiger partial charge is 0.142 e. The molecule has 0 spiro atoms. The van der Waals surface area contributed by atoms with Crippen molar-refractivity contribution in [2.45, 2.75) is 26.7 Å². The van der Waals surface area contributed by atoms with Crippen molar-refractivity contribution >= 4 is 29.9 Å². The van der Waals surface area contributed by atoms with Gasteiger partial charge in [-0.05, 0) is 23.6 Å². The topological polar surface area (TPSA) is 55.4 Å². The van der Waals surface area contributed by atoms with E-state index in [9.17, 15) is 9.59 Å². The molecule has 1 rings (SSSR count). The van der Waals surface area contributed by atoms with Gasteiger partial charge in [0.05, 0.1) is 12.8 Å². The molecule has 0 bridgehead atoms. The van der Waals surface area contributed by atoms with Crippen molar-refractivity contribution < 1.29 is 14.3 Å². The molecule has 0 atom stereocenters. The molecule has 0 amide bonds. The summed E-state index contributed by atoms with van der Waals surface area (Å²) in [6.45, 7) is 3.80. The first-order valence-electron chi connectivity index (χ1n) is 6.28. The number of anilines is 1. The summed E-state index contributed by atoms with van der Waals surface area (Å²) < 4.78 is 5.07. The average Bonchev–Trinajstić information content (AvgIpc) is 2.39. The lowest BCUT2D eigenvalue weighted by Gasteiger charge is -2.16. The molecule has 0 aromatic heterocycles. The van der Waals surface area contributed by atoms with Crippen LogP contribution in [-0.4, -0.2) is 26.7 Å². The van der Waals surface area contributed by atoms with Crippen LogP contribution in [0.2, 0.25) is 5.02 Å². The van der Waals surface area contributed by atoms with Gasteiger partial charge in [-0.25, -0.2) is 0 Å². The van der Waals surface area contributed by atoms with Gasteiger partial charge in [-0.2, -0.15) is 0 Å². The van der Waals surface area contributed by atoms with Gasteiger partial charge in [-0.15, -0.1) is 0 Å². The molecule has 112 valence electrons. The molecule has 1 aromatic carbocycles. The molecule has 0 saturated carbocycles. The van der Waals surface area contributed by atoms with Crippen LogP contribution in [0, 0.1) is 5.41 Å². The highest BCUT2D eigenvalue weighted by molar-refractivity contribution is 6.30. The van der Waals surface area contributed by atoms with E-state index in [0.717, 1.165) is 24.0 Å². The molecule has 0 fully saturated rings. The number of carbonyl (C=O) groups excluding carboxylic acids is 2. The molecule has 0 aliphatic heterocycles. The standard InChI is InChI=1S/C8H10ClNO.C7H12O2/c1-10-7-5-6(9)3-4-8(7)11-2;1-7(2,3-5-8)4-6-9/h3-5,10H,1-2H3;5-6H,3-4H2,1-2H3. The normalized spacial score (nSPS) is 10.1. The average molecular weight is 300 g/mol. The molecular weight excluding hydrogens is 278 g/mol. The number of aldehydes is 2. The number of halogens is 1. The first kappa shape index (κ1) is 18.4. The Labute approximate surface area is 125 Å². The summed E-state index contributed by atoms with van der Waals surface area (Å²) in [7, 11) is 3.46. The van der Waals surface area contributed by atoms with Crippen molar-refractivity contribution in [3.05, 3.63) is 23.2 Å². The molecule has 5 heteroatoms. The fraction of sp³-hybridized carbons (Fsp3) is 0.467. The molecule has 20 heavy (non-hydrogen) atoms. The summed E-state index contributed by atoms with van der Waals surface area (Å²) in [6.07, 6.45) is 2.63. The summed E-state index contributed by atoms with van der Waals surface area (Å²) in [4.78, 5) is 20.0. The lowest BCUT2D eigenvalue weighted by Crippen LogP contribution is -2.11. The van der Waals surface area contributed by atoms with Crippen molar-refractivity contribution in [1.82, 2.24) is 0 Å². The maximum atomic E-state index is 9.98. The highest BCUT2D eigenvalue weighted by Gasteiger charge is 2.15. The Balaban J connectivity index is 0.000000370. The summed E-state index contributed by atoms with van der Waals surface area (Å²) in [5.74, 6) is 0.803. The molecule has 0 heterocycles. The maximum Gasteiger partial charge on any atom is 0.142 e. The Kier molecular flexibility index (Phi) is 8.64. The van der Waals surface area contributed by atoms with Gasteiger partial charge in [0.25, 0.3) is 0 Å². The zero-order chi connectivity index (χ0) is 15.6. The van der Waals surface area contributed by atoms with E-state index in [4.69, 9.17) is 16.3 Å². The van der Waals surface area contributed by atoms with Crippen LogP contribution in [0.15, 0.2) is 18.2 Å². The minimum Gasteiger partial charge on any atom is -0.495 e. The van der Waals surface area contributed by atoms with Crippen molar-refractivity contribution in [3.8, 4) is 5.75 Å². The quantitative estimate of drug-likeness (QED) is 0.816. The molecule has 0 unspecified atom stereocenters. The molecule has 0 saturated heterocycles. The van der Waals surface area contributed by atoms with Gasteiger partial charge in [0.2, 0.25) is 0 Å². The van der Waals surface area contributed by atoms with Crippen LogP contribution in [-0.2, 0) is 9.59 Å². The number of rotatable bonds is 6. The molecule has 0 aliphatic carbocycles. The lowest BCUT2D eigenvalue weighted by atomic mass is 9.87. The van der Waals surface area contributed by atoms with Gasteiger partial charge in [0.15, 0.2) is 0 Å². The van der Waals surface area contributed by atoms with E-state index in [-0.39, 0.29) is 5.41 Å². The first-order valence-corrected chi connectivity index (χ1v) is 6.66. The van der Waals surface area contributed by atoms with E-state index < -0.39 is 0 Å². The Morgan fingerprint density at radius 1 is 1.25 bits per heavy atom. The van der Waals surface area contributed by atoms with Crippen molar-refractivity contribution in [2.75, 3.05) is 19.5 Å². The van der Waals surface area contributed by atoms with Crippen LogP contribution in [0.1, 0.15) is 26.7 Å². The second-order valence-electron chi connectivity index (χ2n) is 5.00. The highest BCUT2D eigenvalue weighted by atomic mass is 35.5. The third-order valence-electron chi connectivity index (χ3n) is 2.70. The van der Waals surface area contributed by atoms with E-state index >= 15 is 0 Å². The molecule has 1 N–H and O–H groups in total. The first-order chi connectivity index (χ1) is 9.40. The summed E-state index contributed by atoms with van der Waals surface area (Å²) in [5.41, 5.74) is 0.767. The van der Waals surface area contributed by atoms with Gasteiger partial charge in [-0.1, -0.05) is 25.4 Å². The minimum atomic E-state index is -0.135. The predicted octanol–water partition coefficient (Wildman–Crippen LogP) is 3.58. The SMILES string of the molecule is CC(C)(CC=O)CC=O.CNc1cc(Cl)ccc1OC. The summed E-state index contributed by atoms with van der Waals surface area (Å²) in [6, 6.07) is 5.44. The third kappa shape index (κ3) is 7.14. The third-order valence-corrected chi connectivity index (χ3v) is 2.94. The largest absolute Gasteiger partial charge is 0.495 e. The van der Waals surface area contributed by atoms with Gasteiger partial charge in [0.1, 0.15) is 18.3 Å². The number of hydrogen-bond donors (Lipinski definition) is 1. The van der Waals surface area contributed by atoms with E-state index in [1.165, 1.54) is 0 Å². The van der Waals surface area contributed by atoms with Crippen molar-refractivity contribution in [2.24, 2.45) is 5.41 Å². The Morgan fingerprint density at radius 2 is 1.80 bits per heavy atom. The van der Waals surface area contributed by atoms with Gasteiger partial charge < -0.3 is 19.6 Å². The maximum absolute atomic E-state index is 9.98. The van der Waals surface area contributed by atoms with Crippen LogP contribution < -0.4 is 10.1 Å². The van der Waals surface area contributed by atoms with E-state index in [0.29, 0.717) is 17.9 Å². The van der Waals surface area contributed by atoms with Crippen molar-refractivity contribution in [1.29, 1.82) is 0 Å². The number of carbonyl (C=O) groups is 2. The number of nitrogens with one attached hydrogen (secondary N) is 1. The second kappa shape index (κ2) is 9.37. The monoisotopic (exact) mass is 299 g/mol. The van der Waals surface area contributed by atoms with Gasteiger partial charge in [0, 0.05) is 24.9 Å². The molecule has 1 aromatic rings. The minimum absolute atomic E-state index is 0.135. The van der Waals surface area contributed by atoms with Crippen LogP contribution in [0.25, 0.3) is 0 Å². The van der Waals surface area contributed by atoms with Crippen LogP contribution in [0.5, 0.6) is 5.75 Å². The fourth-order valence-electron chi connectivity index (χ4n) is 1.41. The fourth-order valence-corrected chi connectivity index (χ4v) is 1.58. The predicted molar refractivity (Wildman–Crippen MR) is 82.7 cm³/mol. The van der Waals surface area contributed by atoms with Crippen LogP contribution in [0.3, 0.4) is 0 Å². The number of benzene rings is 1. The lowest BCUT2D eigenvalue weighted by molar-refractivity contribution is -0.111. The molecular formula is C15H22ClNO3. The summed E-state index contributed by atoms with van der Waals surface area (Å²) in [5, 5.41) is 3.68. The Morgan fingerprint density at radius 3 is 2.20 bits per heavy atom. The molecule has 0 radical (unpaired) electrons. The van der Waals surface area contributed by atoms with Crippen molar-refractivity contribution in [3.63, 3.8) is 0 Å². The van der Waals surface area contributed by atoms with Gasteiger partial charge >= 0.3 is 0 Å². The number of methoxy groups -OCH3 is 1. The second-order valence-corrected chi connectivity index (χ2v) is 5.44. The molecule has 4 nitrogen and oxygen atoms in total. The zero-order valence-electron chi connectivity index (χ0n) is 12.4.